The van der Waals surface area contributed by atoms with Gasteiger partial charge in [-0.2, -0.15) is 0 Å². The maximum Gasteiger partial charge on any atom is 0.329 e. The van der Waals surface area contributed by atoms with Crippen molar-refractivity contribution in [2.45, 2.75) is 45.8 Å². The van der Waals surface area contributed by atoms with E-state index < -0.39 is 23.6 Å². The van der Waals surface area contributed by atoms with Gasteiger partial charge in [0.1, 0.15) is 11.6 Å². The minimum atomic E-state index is -0.825. The second-order valence-corrected chi connectivity index (χ2v) is 7.73. The zero-order valence-corrected chi connectivity index (χ0v) is 17.1. The van der Waals surface area contributed by atoms with E-state index in [1.165, 1.54) is 0 Å². The predicted octanol–water partition coefficient (Wildman–Crippen LogP) is 4.68. The van der Waals surface area contributed by atoms with Crippen LogP contribution in [0.25, 0.3) is 10.8 Å². The van der Waals surface area contributed by atoms with Crippen molar-refractivity contribution in [1.29, 1.82) is 0 Å². The number of carbonyl (C=O) groups is 2. The number of esters is 2. The summed E-state index contributed by atoms with van der Waals surface area (Å²) in [5, 5.41) is 5.11. The molecule has 6 heteroatoms. The first-order valence-electron chi connectivity index (χ1n) is 8.53. The molecule has 1 atom stereocenters. The number of hydrogen-bond acceptors (Lipinski definition) is 5. The van der Waals surface area contributed by atoms with Gasteiger partial charge in [0.15, 0.2) is 0 Å². The Morgan fingerprint density at radius 3 is 2.38 bits per heavy atom. The number of benzene rings is 2. The third-order valence-electron chi connectivity index (χ3n) is 3.56. The molecule has 5 nitrogen and oxygen atoms in total. The highest BCUT2D eigenvalue weighted by Gasteiger charge is 2.27. The molecule has 0 aliphatic rings. The van der Waals surface area contributed by atoms with E-state index in [0.29, 0.717) is 0 Å². The molecule has 0 aliphatic heterocycles. The Morgan fingerprint density at radius 2 is 1.77 bits per heavy atom. The van der Waals surface area contributed by atoms with Gasteiger partial charge < -0.3 is 14.8 Å². The third-order valence-corrected chi connectivity index (χ3v) is 4.25. The highest BCUT2D eigenvalue weighted by Crippen LogP contribution is 2.30. The Hall–Kier alpha value is -2.08. The van der Waals surface area contributed by atoms with Crippen molar-refractivity contribution in [2.75, 3.05) is 11.9 Å². The maximum absolute atomic E-state index is 12.3. The fourth-order valence-electron chi connectivity index (χ4n) is 2.56. The van der Waals surface area contributed by atoms with Gasteiger partial charge >= 0.3 is 11.9 Å². The van der Waals surface area contributed by atoms with Crippen LogP contribution in [0, 0.1) is 0 Å². The normalized spacial score (nSPS) is 12.5. The summed E-state index contributed by atoms with van der Waals surface area (Å²) in [7, 11) is 0. The molecule has 0 spiro atoms. The Labute approximate surface area is 162 Å². The van der Waals surface area contributed by atoms with Crippen LogP contribution >= 0.6 is 15.9 Å². The van der Waals surface area contributed by atoms with Crippen LogP contribution in [-0.2, 0) is 19.1 Å². The van der Waals surface area contributed by atoms with Crippen LogP contribution in [0.2, 0.25) is 0 Å². The molecule has 0 bridgehead atoms. The highest BCUT2D eigenvalue weighted by molar-refractivity contribution is 9.10. The quantitative estimate of drug-likeness (QED) is 0.685. The van der Waals surface area contributed by atoms with E-state index in [1.807, 2.05) is 36.4 Å². The van der Waals surface area contributed by atoms with Gasteiger partial charge in [-0.1, -0.05) is 40.2 Å². The lowest BCUT2D eigenvalue weighted by Gasteiger charge is -2.23. The van der Waals surface area contributed by atoms with Gasteiger partial charge in [-0.3, -0.25) is 4.79 Å². The van der Waals surface area contributed by atoms with E-state index in [0.717, 1.165) is 20.9 Å². The lowest BCUT2D eigenvalue weighted by atomic mass is 10.1. The summed E-state index contributed by atoms with van der Waals surface area (Å²) in [4.78, 5) is 24.6. The molecule has 140 valence electrons. The van der Waals surface area contributed by atoms with Crippen molar-refractivity contribution in [3.63, 3.8) is 0 Å². The molecule has 2 aromatic carbocycles. The van der Waals surface area contributed by atoms with Crippen molar-refractivity contribution in [2.24, 2.45) is 0 Å². The average Bonchev–Trinajstić information content (AvgIpc) is 2.55. The first-order valence-corrected chi connectivity index (χ1v) is 9.33. The van der Waals surface area contributed by atoms with Gasteiger partial charge in [-0.05, 0) is 45.2 Å². The lowest BCUT2D eigenvalue weighted by molar-refractivity contribution is -0.158. The van der Waals surface area contributed by atoms with Gasteiger partial charge in [0, 0.05) is 15.5 Å². The second kappa shape index (κ2) is 8.54. The van der Waals surface area contributed by atoms with Gasteiger partial charge in [-0.25, -0.2) is 4.79 Å². The molecule has 0 saturated carbocycles. The van der Waals surface area contributed by atoms with Crippen LogP contribution in [-0.4, -0.2) is 30.2 Å². The van der Waals surface area contributed by atoms with Gasteiger partial charge in [0.2, 0.25) is 0 Å². The molecule has 26 heavy (non-hydrogen) atoms. The first-order chi connectivity index (χ1) is 12.2. The van der Waals surface area contributed by atoms with E-state index in [-0.39, 0.29) is 13.0 Å². The van der Waals surface area contributed by atoms with Crippen molar-refractivity contribution < 1.29 is 19.1 Å². The Morgan fingerprint density at radius 1 is 1.12 bits per heavy atom. The molecule has 0 unspecified atom stereocenters. The Bertz CT molecular complexity index is 798. The van der Waals surface area contributed by atoms with Gasteiger partial charge in [0.05, 0.1) is 13.0 Å². The van der Waals surface area contributed by atoms with E-state index in [9.17, 15) is 9.59 Å². The minimum Gasteiger partial charge on any atom is -0.464 e. The SMILES string of the molecule is CCOC(=O)[C@H](CC(=O)OC(C)(C)C)Nc1ccc(Br)c2ccccc12. The number of hydrogen-bond donors (Lipinski definition) is 1. The summed E-state index contributed by atoms with van der Waals surface area (Å²) in [5.41, 5.74) is 0.144. The molecular weight excluding hydrogens is 398 g/mol. The van der Waals surface area contributed by atoms with Gasteiger partial charge in [-0.15, -0.1) is 0 Å². The Kier molecular flexibility index (Phi) is 6.64. The molecule has 2 aromatic rings. The summed E-state index contributed by atoms with van der Waals surface area (Å²) in [6.45, 7) is 7.35. The summed E-state index contributed by atoms with van der Waals surface area (Å²) in [6, 6.07) is 10.8. The fourth-order valence-corrected chi connectivity index (χ4v) is 3.04. The predicted molar refractivity (Wildman–Crippen MR) is 106 cm³/mol. The number of fused-ring (bicyclic) bond motifs is 1. The zero-order chi connectivity index (χ0) is 19.3. The summed E-state index contributed by atoms with van der Waals surface area (Å²) < 4.78 is 11.4. The largest absolute Gasteiger partial charge is 0.464 e. The van der Waals surface area contributed by atoms with Crippen LogP contribution in [0.5, 0.6) is 0 Å². The van der Waals surface area contributed by atoms with Crippen LogP contribution in [0.4, 0.5) is 5.69 Å². The molecular formula is C20H24BrNO4. The van der Waals surface area contributed by atoms with E-state index in [2.05, 4.69) is 21.2 Å². The Balaban J connectivity index is 2.28. The molecule has 0 heterocycles. The van der Waals surface area contributed by atoms with Crippen molar-refractivity contribution >= 4 is 44.3 Å². The number of halogens is 1. The smallest absolute Gasteiger partial charge is 0.329 e. The van der Waals surface area contributed by atoms with E-state index in [4.69, 9.17) is 9.47 Å². The number of rotatable bonds is 6. The summed E-state index contributed by atoms with van der Waals surface area (Å²) >= 11 is 3.53. The van der Waals surface area contributed by atoms with Crippen molar-refractivity contribution in [3.8, 4) is 0 Å². The number of carbonyl (C=O) groups excluding carboxylic acids is 2. The summed E-state index contributed by atoms with van der Waals surface area (Å²) in [6.07, 6.45) is -0.111. The molecule has 2 rings (SSSR count). The molecule has 0 fully saturated rings. The monoisotopic (exact) mass is 421 g/mol. The lowest BCUT2D eigenvalue weighted by Crippen LogP contribution is -2.36. The van der Waals surface area contributed by atoms with Crippen molar-refractivity contribution in [1.82, 2.24) is 0 Å². The highest BCUT2D eigenvalue weighted by atomic mass is 79.9. The number of anilines is 1. The van der Waals surface area contributed by atoms with Crippen LogP contribution < -0.4 is 5.32 Å². The van der Waals surface area contributed by atoms with E-state index in [1.54, 1.807) is 27.7 Å². The third kappa shape index (κ3) is 5.46. The molecule has 0 aliphatic carbocycles. The number of nitrogens with one attached hydrogen (secondary N) is 1. The molecule has 0 radical (unpaired) electrons. The first kappa shape index (κ1) is 20.2. The minimum absolute atomic E-state index is 0.111. The second-order valence-electron chi connectivity index (χ2n) is 6.88. The van der Waals surface area contributed by atoms with Crippen LogP contribution in [0.15, 0.2) is 40.9 Å². The van der Waals surface area contributed by atoms with Crippen LogP contribution in [0.1, 0.15) is 34.1 Å². The molecule has 0 saturated heterocycles. The summed E-state index contributed by atoms with van der Waals surface area (Å²) in [5.74, 6) is -0.935. The topological polar surface area (TPSA) is 64.6 Å². The fraction of sp³-hybridized carbons (Fsp3) is 0.400. The number of ether oxygens (including phenoxy) is 2. The standard InChI is InChI=1S/C20H24BrNO4/c1-5-25-19(24)17(12-18(23)26-20(2,3)4)22-16-11-10-15(21)13-8-6-7-9-14(13)16/h6-11,17,22H,5,12H2,1-4H3/t17-/m0/s1. The molecule has 1 N–H and O–H groups in total. The van der Waals surface area contributed by atoms with Gasteiger partial charge in [0.25, 0.3) is 0 Å². The molecule has 0 aromatic heterocycles. The van der Waals surface area contributed by atoms with E-state index >= 15 is 0 Å². The molecule has 0 amide bonds. The zero-order valence-electron chi connectivity index (χ0n) is 15.5. The maximum atomic E-state index is 12.3. The average molecular weight is 422 g/mol. The van der Waals surface area contributed by atoms with Crippen molar-refractivity contribution in [3.05, 3.63) is 40.9 Å². The van der Waals surface area contributed by atoms with Crippen LogP contribution in [0.3, 0.4) is 0 Å².